The van der Waals surface area contributed by atoms with Crippen molar-refractivity contribution in [1.29, 1.82) is 0 Å². The molecule has 0 saturated carbocycles. The Hall–Kier alpha value is -2.09. The summed E-state index contributed by atoms with van der Waals surface area (Å²) >= 11 is 0. The van der Waals surface area contributed by atoms with Crippen molar-refractivity contribution in [3.05, 3.63) is 35.4 Å². The lowest BCUT2D eigenvalue weighted by Crippen LogP contribution is -2.40. The molecule has 138 valence electrons. The number of sulfone groups is 1. The normalized spacial score (nSPS) is 19.4. The van der Waals surface area contributed by atoms with E-state index in [0.717, 1.165) is 5.56 Å². The maximum atomic E-state index is 11.9. The summed E-state index contributed by atoms with van der Waals surface area (Å²) in [7, 11) is -1.30. The Balaban J connectivity index is 1.66. The van der Waals surface area contributed by atoms with Gasteiger partial charge in [0, 0.05) is 32.6 Å². The monoisotopic (exact) mass is 366 g/mol. The fourth-order valence-corrected chi connectivity index (χ4v) is 4.29. The van der Waals surface area contributed by atoms with E-state index < -0.39 is 9.84 Å². The molecular formula is C17H26N4O3S. The summed E-state index contributed by atoms with van der Waals surface area (Å²) in [6.45, 7) is 3.12. The van der Waals surface area contributed by atoms with Crippen LogP contribution in [0.1, 0.15) is 24.0 Å². The molecule has 1 heterocycles. The largest absolute Gasteiger partial charge is 0.356 e. The van der Waals surface area contributed by atoms with Crippen LogP contribution in [0, 0.1) is 6.92 Å². The van der Waals surface area contributed by atoms with Crippen molar-refractivity contribution in [1.82, 2.24) is 16.0 Å². The number of rotatable bonds is 6. The molecule has 1 unspecified atom stereocenters. The summed E-state index contributed by atoms with van der Waals surface area (Å²) < 4.78 is 22.8. The quantitative estimate of drug-likeness (QED) is 0.498. The minimum Gasteiger partial charge on any atom is -0.356 e. The van der Waals surface area contributed by atoms with Crippen LogP contribution in [-0.4, -0.2) is 51.4 Å². The SMILES string of the molecule is CN=C(NCCC(=O)NC1CCS(=O)(=O)C1)NCc1ccc(C)cc1. The van der Waals surface area contributed by atoms with Gasteiger partial charge in [-0.1, -0.05) is 29.8 Å². The summed E-state index contributed by atoms with van der Waals surface area (Å²) in [6.07, 6.45) is 0.767. The van der Waals surface area contributed by atoms with Crippen molar-refractivity contribution < 1.29 is 13.2 Å². The number of aryl methyl sites for hydroxylation is 1. The second kappa shape index (κ2) is 8.84. The number of nitrogens with zero attached hydrogens (tertiary/aromatic N) is 1. The third kappa shape index (κ3) is 6.74. The standard InChI is InChI=1S/C17H26N4O3S/c1-13-3-5-14(6-4-13)11-20-17(18-2)19-9-7-16(22)21-15-8-10-25(23,24)12-15/h3-6,15H,7-12H2,1-2H3,(H,21,22)(H2,18,19,20). The topological polar surface area (TPSA) is 99.7 Å². The molecule has 1 atom stereocenters. The first kappa shape index (κ1) is 19.2. The van der Waals surface area contributed by atoms with Gasteiger partial charge in [-0.25, -0.2) is 8.42 Å². The van der Waals surface area contributed by atoms with Crippen molar-refractivity contribution in [3.63, 3.8) is 0 Å². The van der Waals surface area contributed by atoms with E-state index in [1.165, 1.54) is 5.56 Å². The summed E-state index contributed by atoms with van der Waals surface area (Å²) in [5.41, 5.74) is 2.36. The summed E-state index contributed by atoms with van der Waals surface area (Å²) in [6, 6.07) is 7.97. The van der Waals surface area contributed by atoms with Crippen LogP contribution >= 0.6 is 0 Å². The number of aliphatic imine (C=N–C) groups is 1. The smallest absolute Gasteiger partial charge is 0.222 e. The minimum absolute atomic E-state index is 0.0476. The van der Waals surface area contributed by atoms with Gasteiger partial charge in [0.2, 0.25) is 5.91 Å². The first-order valence-electron chi connectivity index (χ1n) is 8.38. The van der Waals surface area contributed by atoms with E-state index in [4.69, 9.17) is 0 Å². The van der Waals surface area contributed by atoms with E-state index in [0.29, 0.717) is 25.5 Å². The van der Waals surface area contributed by atoms with Crippen LogP contribution in [0.4, 0.5) is 0 Å². The van der Waals surface area contributed by atoms with Crippen molar-refractivity contribution in [2.45, 2.75) is 32.4 Å². The number of guanidine groups is 1. The van der Waals surface area contributed by atoms with Gasteiger partial charge in [-0.15, -0.1) is 0 Å². The van der Waals surface area contributed by atoms with E-state index in [9.17, 15) is 13.2 Å². The second-order valence-corrected chi connectivity index (χ2v) is 8.48. The Kier molecular flexibility index (Phi) is 6.81. The number of nitrogens with one attached hydrogen (secondary N) is 3. The molecule has 2 rings (SSSR count). The molecule has 25 heavy (non-hydrogen) atoms. The number of carbonyl (C=O) groups is 1. The zero-order valence-corrected chi connectivity index (χ0v) is 15.5. The Labute approximate surface area is 149 Å². The average molecular weight is 366 g/mol. The Morgan fingerprint density at radius 2 is 1.96 bits per heavy atom. The molecule has 1 fully saturated rings. The van der Waals surface area contributed by atoms with E-state index in [-0.39, 0.29) is 29.9 Å². The van der Waals surface area contributed by atoms with Crippen LogP contribution in [0.5, 0.6) is 0 Å². The van der Waals surface area contributed by atoms with Crippen LogP contribution in [0.25, 0.3) is 0 Å². The van der Waals surface area contributed by atoms with Gasteiger partial charge in [-0.2, -0.15) is 0 Å². The first-order chi connectivity index (χ1) is 11.9. The molecule has 1 aromatic rings. The zero-order chi connectivity index (χ0) is 18.3. The van der Waals surface area contributed by atoms with Crippen molar-refractivity contribution in [3.8, 4) is 0 Å². The van der Waals surface area contributed by atoms with E-state index in [1.807, 2.05) is 6.92 Å². The maximum absolute atomic E-state index is 11.9. The molecule has 0 aliphatic carbocycles. The lowest BCUT2D eigenvalue weighted by molar-refractivity contribution is -0.121. The van der Waals surface area contributed by atoms with Gasteiger partial charge in [-0.3, -0.25) is 9.79 Å². The number of carbonyl (C=O) groups excluding carboxylic acids is 1. The van der Waals surface area contributed by atoms with Gasteiger partial charge < -0.3 is 16.0 Å². The lowest BCUT2D eigenvalue weighted by atomic mass is 10.1. The second-order valence-electron chi connectivity index (χ2n) is 6.26. The molecule has 0 radical (unpaired) electrons. The molecule has 1 saturated heterocycles. The van der Waals surface area contributed by atoms with Crippen LogP contribution in [0.15, 0.2) is 29.3 Å². The fraction of sp³-hybridized carbons (Fsp3) is 0.529. The van der Waals surface area contributed by atoms with Crippen LogP contribution < -0.4 is 16.0 Å². The van der Waals surface area contributed by atoms with Crippen molar-refractivity contribution in [2.75, 3.05) is 25.1 Å². The highest BCUT2D eigenvalue weighted by Crippen LogP contribution is 2.11. The molecule has 1 aromatic carbocycles. The van der Waals surface area contributed by atoms with Gasteiger partial charge in [0.25, 0.3) is 0 Å². The van der Waals surface area contributed by atoms with Crippen LogP contribution in [0.3, 0.4) is 0 Å². The van der Waals surface area contributed by atoms with Gasteiger partial charge in [0.15, 0.2) is 15.8 Å². The van der Waals surface area contributed by atoms with E-state index in [2.05, 4.69) is 45.2 Å². The van der Waals surface area contributed by atoms with E-state index >= 15 is 0 Å². The first-order valence-corrected chi connectivity index (χ1v) is 10.2. The van der Waals surface area contributed by atoms with Gasteiger partial charge in [-0.05, 0) is 18.9 Å². The molecule has 0 bridgehead atoms. The van der Waals surface area contributed by atoms with Gasteiger partial charge in [0.1, 0.15) is 0 Å². The molecule has 8 heteroatoms. The highest BCUT2D eigenvalue weighted by atomic mass is 32.2. The van der Waals surface area contributed by atoms with Gasteiger partial charge in [0.05, 0.1) is 11.5 Å². The summed E-state index contributed by atoms with van der Waals surface area (Å²) in [4.78, 5) is 16.0. The molecule has 7 nitrogen and oxygen atoms in total. The molecular weight excluding hydrogens is 340 g/mol. The fourth-order valence-electron chi connectivity index (χ4n) is 2.62. The molecule has 1 amide bonds. The van der Waals surface area contributed by atoms with Crippen molar-refractivity contribution >= 4 is 21.7 Å². The predicted octanol–water partition coefficient (Wildman–Crippen LogP) is 0.353. The summed E-state index contributed by atoms with van der Waals surface area (Å²) in [5, 5.41) is 9.04. The number of amides is 1. The molecule has 0 spiro atoms. The number of hydrogen-bond acceptors (Lipinski definition) is 4. The average Bonchev–Trinajstić information content (AvgIpc) is 2.90. The minimum atomic E-state index is -2.97. The lowest BCUT2D eigenvalue weighted by Gasteiger charge is -2.13. The van der Waals surface area contributed by atoms with Gasteiger partial charge >= 0.3 is 0 Å². The highest BCUT2D eigenvalue weighted by molar-refractivity contribution is 7.91. The van der Waals surface area contributed by atoms with E-state index in [1.54, 1.807) is 7.05 Å². The Morgan fingerprint density at radius 1 is 1.24 bits per heavy atom. The van der Waals surface area contributed by atoms with Crippen LogP contribution in [0.2, 0.25) is 0 Å². The molecule has 3 N–H and O–H groups in total. The molecule has 1 aliphatic heterocycles. The third-order valence-electron chi connectivity index (χ3n) is 4.05. The number of hydrogen-bond donors (Lipinski definition) is 3. The molecule has 0 aromatic heterocycles. The van der Waals surface area contributed by atoms with Crippen molar-refractivity contribution in [2.24, 2.45) is 4.99 Å². The third-order valence-corrected chi connectivity index (χ3v) is 5.81. The summed E-state index contributed by atoms with van der Waals surface area (Å²) in [5.74, 6) is 0.679. The Morgan fingerprint density at radius 3 is 2.56 bits per heavy atom. The number of benzene rings is 1. The Bertz CT molecular complexity index is 714. The highest BCUT2D eigenvalue weighted by Gasteiger charge is 2.28. The van der Waals surface area contributed by atoms with Crippen LogP contribution in [-0.2, 0) is 21.2 Å². The molecule has 1 aliphatic rings. The maximum Gasteiger partial charge on any atom is 0.222 e. The predicted molar refractivity (Wildman–Crippen MR) is 99.2 cm³/mol. The zero-order valence-electron chi connectivity index (χ0n) is 14.7.